The van der Waals surface area contributed by atoms with E-state index in [2.05, 4.69) is 6.58 Å². The van der Waals surface area contributed by atoms with Crippen LogP contribution < -0.4 is 0 Å². The highest BCUT2D eigenvalue weighted by Gasteiger charge is 2.66. The summed E-state index contributed by atoms with van der Waals surface area (Å²) in [4.78, 5) is 34.7. The number of esters is 2. The predicted molar refractivity (Wildman–Crippen MR) is 90.5 cm³/mol. The first-order valence-electron chi connectivity index (χ1n) is 7.44. The van der Waals surface area contributed by atoms with Crippen molar-refractivity contribution in [2.75, 3.05) is 12.4 Å². The quantitative estimate of drug-likeness (QED) is 0.344. The highest BCUT2D eigenvalue weighted by Crippen LogP contribution is 2.55. The number of carbonyl (C=O) groups is 3. The lowest BCUT2D eigenvalue weighted by Gasteiger charge is -2.23. The molecule has 0 aromatic rings. The maximum atomic E-state index is 11.9. The van der Waals surface area contributed by atoms with E-state index in [-0.39, 0.29) is 21.4 Å². The van der Waals surface area contributed by atoms with Crippen LogP contribution in [0.15, 0.2) is 12.2 Å². The summed E-state index contributed by atoms with van der Waals surface area (Å²) in [5.74, 6) is -1.72. The molecule has 0 N–H and O–H groups in total. The van der Waals surface area contributed by atoms with E-state index < -0.39 is 46.1 Å². The van der Waals surface area contributed by atoms with Gasteiger partial charge >= 0.3 is 11.9 Å². The SMILES string of the molecule is C=C(C)C(=O)SCC(=O)OCC(=O)OC1C2CC3C(S2)C1OS3(=O)=O. The second-order valence-corrected chi connectivity index (χ2v) is 10.1. The molecule has 3 saturated heterocycles. The summed E-state index contributed by atoms with van der Waals surface area (Å²) in [6.45, 7) is 4.39. The number of carbonyl (C=O) groups excluding carboxylic acids is 3. The highest BCUT2D eigenvalue weighted by atomic mass is 32.2. The van der Waals surface area contributed by atoms with Crippen LogP contribution in [-0.2, 0) is 38.2 Å². The molecule has 3 aliphatic heterocycles. The molecule has 3 heterocycles. The molecule has 138 valence electrons. The van der Waals surface area contributed by atoms with Gasteiger partial charge in [0.05, 0.1) is 11.0 Å². The molecule has 3 fully saturated rings. The molecule has 0 amide bonds. The van der Waals surface area contributed by atoms with Crippen LogP contribution in [0, 0.1) is 0 Å². The molecule has 0 saturated carbocycles. The van der Waals surface area contributed by atoms with E-state index in [0.717, 1.165) is 11.8 Å². The normalized spacial score (nSPS) is 33.9. The first kappa shape index (κ1) is 18.7. The Morgan fingerprint density at radius 1 is 1.32 bits per heavy atom. The van der Waals surface area contributed by atoms with Crippen molar-refractivity contribution in [1.82, 2.24) is 0 Å². The third kappa shape index (κ3) is 3.74. The minimum atomic E-state index is -3.59. The molecule has 5 atom stereocenters. The number of hydrogen-bond acceptors (Lipinski definition) is 10. The minimum absolute atomic E-state index is 0.124. The van der Waals surface area contributed by atoms with Gasteiger partial charge in [-0.25, -0.2) is 4.79 Å². The van der Waals surface area contributed by atoms with Gasteiger partial charge in [0.2, 0.25) is 5.12 Å². The standard InChI is InChI=1S/C14H16O8S3/c1-6(2)14(17)23-5-10(16)20-4-9(15)21-11-7-3-8-13(24-7)12(11)22-25(8,18)19/h7-8,11-13H,1,3-5H2,2H3. The van der Waals surface area contributed by atoms with Gasteiger partial charge < -0.3 is 9.47 Å². The maximum absolute atomic E-state index is 11.9. The van der Waals surface area contributed by atoms with E-state index in [1.165, 1.54) is 18.7 Å². The summed E-state index contributed by atoms with van der Waals surface area (Å²) >= 11 is 2.20. The predicted octanol–water partition coefficient (Wildman–Crippen LogP) is 0.262. The van der Waals surface area contributed by atoms with Gasteiger partial charge in [-0.1, -0.05) is 18.3 Å². The zero-order valence-electron chi connectivity index (χ0n) is 13.2. The third-order valence-corrected chi connectivity index (χ3v) is 8.68. The first-order chi connectivity index (χ1) is 11.7. The Kier molecular flexibility index (Phi) is 5.20. The van der Waals surface area contributed by atoms with Gasteiger partial charge in [-0.2, -0.15) is 8.42 Å². The smallest absolute Gasteiger partial charge is 0.344 e. The fourth-order valence-electron chi connectivity index (χ4n) is 2.98. The van der Waals surface area contributed by atoms with Gasteiger partial charge in [-0.3, -0.25) is 13.8 Å². The van der Waals surface area contributed by atoms with E-state index in [1.54, 1.807) is 0 Å². The molecule has 0 aromatic heterocycles. The molecule has 0 aliphatic carbocycles. The van der Waals surface area contributed by atoms with Crippen molar-refractivity contribution in [3.8, 4) is 0 Å². The second kappa shape index (κ2) is 6.93. The largest absolute Gasteiger partial charge is 0.456 e. The molecule has 2 bridgehead atoms. The maximum Gasteiger partial charge on any atom is 0.344 e. The van der Waals surface area contributed by atoms with E-state index in [9.17, 15) is 22.8 Å². The number of ether oxygens (including phenoxy) is 2. The van der Waals surface area contributed by atoms with Crippen LogP contribution in [0.25, 0.3) is 0 Å². The van der Waals surface area contributed by atoms with Gasteiger partial charge in [-0.05, 0) is 18.9 Å². The lowest BCUT2D eigenvalue weighted by molar-refractivity contribution is -0.164. The minimum Gasteiger partial charge on any atom is -0.456 e. The summed E-state index contributed by atoms with van der Waals surface area (Å²) in [5, 5.41) is -1.18. The number of thioether (sulfide) groups is 2. The lowest BCUT2D eigenvalue weighted by atomic mass is 9.94. The molecule has 0 aromatic carbocycles. The molecule has 3 aliphatic rings. The molecular formula is C14H16O8S3. The Bertz CT molecular complexity index is 730. The van der Waals surface area contributed by atoms with Crippen LogP contribution in [0.4, 0.5) is 0 Å². The summed E-state index contributed by atoms with van der Waals surface area (Å²) in [5.41, 5.74) is 0.316. The summed E-state index contributed by atoms with van der Waals surface area (Å²) in [6, 6.07) is 0. The Morgan fingerprint density at radius 2 is 2.04 bits per heavy atom. The van der Waals surface area contributed by atoms with E-state index in [0.29, 0.717) is 12.0 Å². The second-order valence-electron chi connectivity index (χ2n) is 5.94. The van der Waals surface area contributed by atoms with Crippen molar-refractivity contribution in [1.29, 1.82) is 0 Å². The zero-order valence-corrected chi connectivity index (χ0v) is 15.7. The number of rotatable bonds is 6. The van der Waals surface area contributed by atoms with Crippen LogP contribution in [0.1, 0.15) is 13.3 Å². The van der Waals surface area contributed by atoms with Gasteiger partial charge in [0, 0.05) is 5.25 Å². The van der Waals surface area contributed by atoms with Crippen molar-refractivity contribution >= 4 is 50.7 Å². The molecule has 3 rings (SSSR count). The topological polar surface area (TPSA) is 113 Å². The summed E-state index contributed by atoms with van der Waals surface area (Å²) in [7, 11) is -3.59. The van der Waals surface area contributed by atoms with Crippen LogP contribution in [0.5, 0.6) is 0 Å². The fourth-order valence-corrected chi connectivity index (χ4v) is 7.70. The van der Waals surface area contributed by atoms with Gasteiger partial charge in [0.1, 0.15) is 17.5 Å². The zero-order chi connectivity index (χ0) is 18.4. The Morgan fingerprint density at radius 3 is 2.72 bits per heavy atom. The van der Waals surface area contributed by atoms with Crippen molar-refractivity contribution in [3.63, 3.8) is 0 Å². The molecule has 0 spiro atoms. The number of fused-ring (bicyclic) bond motifs is 1. The highest BCUT2D eigenvalue weighted by molar-refractivity contribution is 8.14. The first-order valence-corrected chi connectivity index (χ1v) is 10.8. The van der Waals surface area contributed by atoms with Crippen molar-refractivity contribution in [3.05, 3.63) is 12.2 Å². The Balaban J connectivity index is 1.44. The van der Waals surface area contributed by atoms with Crippen molar-refractivity contribution in [2.45, 2.75) is 41.3 Å². The molecule has 8 nitrogen and oxygen atoms in total. The third-order valence-electron chi connectivity index (χ3n) is 4.08. The average molecular weight is 408 g/mol. The fraction of sp³-hybridized carbons (Fsp3) is 0.643. The van der Waals surface area contributed by atoms with E-state index >= 15 is 0 Å². The van der Waals surface area contributed by atoms with Crippen molar-refractivity contribution in [2.24, 2.45) is 0 Å². The summed E-state index contributed by atoms with van der Waals surface area (Å²) < 4.78 is 38.7. The van der Waals surface area contributed by atoms with E-state index in [4.69, 9.17) is 13.7 Å². The molecule has 5 unspecified atom stereocenters. The molecule has 0 radical (unpaired) electrons. The van der Waals surface area contributed by atoms with Crippen LogP contribution in [0.3, 0.4) is 0 Å². The molecule has 25 heavy (non-hydrogen) atoms. The van der Waals surface area contributed by atoms with Gasteiger partial charge in [-0.15, -0.1) is 11.8 Å². The number of hydrogen-bond donors (Lipinski definition) is 0. The van der Waals surface area contributed by atoms with Gasteiger partial charge in [0.25, 0.3) is 10.1 Å². The van der Waals surface area contributed by atoms with Crippen molar-refractivity contribution < 1.29 is 36.5 Å². The monoisotopic (exact) mass is 408 g/mol. The lowest BCUT2D eigenvalue weighted by Crippen LogP contribution is -2.42. The molecule has 11 heteroatoms. The molecular weight excluding hydrogens is 392 g/mol. The average Bonchev–Trinajstić information content (AvgIpc) is 3.14. The Labute approximate surface area is 153 Å². The van der Waals surface area contributed by atoms with Crippen LogP contribution in [-0.4, -0.2) is 65.8 Å². The van der Waals surface area contributed by atoms with E-state index in [1.807, 2.05) is 0 Å². The summed E-state index contributed by atoms with van der Waals surface area (Å²) in [6.07, 6.45) is -0.929. The van der Waals surface area contributed by atoms with Gasteiger partial charge in [0.15, 0.2) is 6.61 Å². The van der Waals surface area contributed by atoms with Crippen LogP contribution in [0.2, 0.25) is 0 Å². The van der Waals surface area contributed by atoms with Crippen LogP contribution >= 0.6 is 23.5 Å². The Hall–Kier alpha value is -1.04.